The first-order valence-corrected chi connectivity index (χ1v) is 11.1. The maximum Gasteiger partial charge on any atom is 0.262 e. The van der Waals surface area contributed by atoms with Gasteiger partial charge >= 0.3 is 0 Å². The first kappa shape index (κ1) is 19.5. The van der Waals surface area contributed by atoms with Crippen molar-refractivity contribution in [2.24, 2.45) is 13.0 Å². The highest BCUT2D eigenvalue weighted by Crippen LogP contribution is 2.32. The highest BCUT2D eigenvalue weighted by atomic mass is 32.1. The predicted molar refractivity (Wildman–Crippen MR) is 122 cm³/mol. The van der Waals surface area contributed by atoms with Crippen LogP contribution in [0.15, 0.2) is 66.7 Å². The quantitative estimate of drug-likeness (QED) is 0.473. The van der Waals surface area contributed by atoms with Crippen LogP contribution in [0.2, 0.25) is 0 Å². The van der Waals surface area contributed by atoms with Crippen molar-refractivity contribution in [1.29, 1.82) is 0 Å². The Morgan fingerprint density at radius 2 is 1.77 bits per heavy atom. The number of carbonyl (C=O) groups is 2. The molecule has 2 heterocycles. The Balaban J connectivity index is 1.44. The smallest absolute Gasteiger partial charge is 0.262 e. The number of anilines is 1. The average Bonchev–Trinajstić information content (AvgIpc) is 3.47. The Labute approximate surface area is 183 Å². The number of nitrogens with one attached hydrogen (secondary N) is 2. The van der Waals surface area contributed by atoms with Gasteiger partial charge in [-0.05, 0) is 42.7 Å². The second-order valence-electron chi connectivity index (χ2n) is 7.76. The number of nitrogens with zero attached hydrogens (tertiary/aromatic N) is 2. The standard InChI is InChI=1S/C24H22N4O2S/c1-28-18-10-6-5-9-17(18)25-22(28)21(15-7-3-2-4-8-15)27-24(30)19-13-14-20(31-19)26-23(29)16-11-12-16/h2-10,13-14,16,21H,11-12H2,1H3,(H,26,29)(H,27,30). The number of aromatic nitrogens is 2. The molecule has 0 bridgehead atoms. The summed E-state index contributed by atoms with van der Waals surface area (Å²) in [6.07, 6.45) is 1.89. The van der Waals surface area contributed by atoms with Crippen LogP contribution < -0.4 is 10.6 Å². The summed E-state index contributed by atoms with van der Waals surface area (Å²) in [7, 11) is 1.96. The van der Waals surface area contributed by atoms with Gasteiger partial charge in [0, 0.05) is 13.0 Å². The van der Waals surface area contributed by atoms with Gasteiger partial charge in [0.2, 0.25) is 5.91 Å². The molecule has 0 saturated heterocycles. The summed E-state index contributed by atoms with van der Waals surface area (Å²) >= 11 is 1.28. The van der Waals surface area contributed by atoms with Gasteiger partial charge in [0.1, 0.15) is 11.9 Å². The third-order valence-corrected chi connectivity index (χ3v) is 6.51. The fourth-order valence-electron chi connectivity index (χ4n) is 3.66. The molecule has 1 aliphatic carbocycles. The van der Waals surface area contributed by atoms with Crippen LogP contribution in [0.4, 0.5) is 5.00 Å². The minimum Gasteiger partial charge on any atom is -0.337 e. The van der Waals surface area contributed by atoms with Crippen LogP contribution in [-0.4, -0.2) is 21.4 Å². The van der Waals surface area contributed by atoms with Crippen LogP contribution in [0.1, 0.15) is 39.9 Å². The summed E-state index contributed by atoms with van der Waals surface area (Å²) in [5, 5.41) is 6.75. The van der Waals surface area contributed by atoms with E-state index in [1.54, 1.807) is 12.1 Å². The molecule has 1 aliphatic rings. The third kappa shape index (κ3) is 3.96. The zero-order chi connectivity index (χ0) is 21.4. The van der Waals surface area contributed by atoms with Gasteiger partial charge in [-0.15, -0.1) is 11.3 Å². The highest BCUT2D eigenvalue weighted by Gasteiger charge is 2.30. The fraction of sp³-hybridized carbons (Fsp3) is 0.208. The molecule has 7 heteroatoms. The molecule has 6 nitrogen and oxygen atoms in total. The number of amides is 2. The minimum absolute atomic E-state index is 0.0377. The number of fused-ring (bicyclic) bond motifs is 1. The summed E-state index contributed by atoms with van der Waals surface area (Å²) < 4.78 is 2.02. The molecule has 1 atom stereocenters. The van der Waals surface area contributed by atoms with Crippen LogP contribution in [0.3, 0.4) is 0 Å². The van der Waals surface area contributed by atoms with E-state index < -0.39 is 6.04 Å². The molecule has 156 valence electrons. The predicted octanol–water partition coefficient (Wildman–Crippen LogP) is 4.50. The van der Waals surface area contributed by atoms with Crippen LogP contribution in [0.5, 0.6) is 0 Å². The van der Waals surface area contributed by atoms with E-state index in [-0.39, 0.29) is 17.7 Å². The molecule has 5 rings (SSSR count). The highest BCUT2D eigenvalue weighted by molar-refractivity contribution is 7.18. The first-order valence-electron chi connectivity index (χ1n) is 10.3. The lowest BCUT2D eigenvalue weighted by Gasteiger charge is -2.19. The van der Waals surface area contributed by atoms with Gasteiger partial charge in [0.15, 0.2) is 0 Å². The molecule has 1 saturated carbocycles. The number of benzene rings is 2. The van der Waals surface area contributed by atoms with E-state index >= 15 is 0 Å². The molecule has 2 N–H and O–H groups in total. The summed E-state index contributed by atoms with van der Waals surface area (Å²) in [6.45, 7) is 0. The van der Waals surface area contributed by atoms with Gasteiger partial charge in [0.25, 0.3) is 5.91 Å². The van der Waals surface area contributed by atoms with Gasteiger partial charge in [-0.3, -0.25) is 9.59 Å². The van der Waals surface area contributed by atoms with E-state index in [9.17, 15) is 9.59 Å². The Bertz CT molecular complexity index is 1260. The lowest BCUT2D eigenvalue weighted by Crippen LogP contribution is -2.30. The molecule has 2 aromatic heterocycles. The number of para-hydroxylation sites is 2. The Kier molecular flexibility index (Phi) is 5.03. The molecular formula is C24H22N4O2S. The zero-order valence-electron chi connectivity index (χ0n) is 17.0. The van der Waals surface area contributed by atoms with Crippen molar-refractivity contribution in [3.05, 3.63) is 83.0 Å². The lowest BCUT2D eigenvalue weighted by molar-refractivity contribution is -0.117. The van der Waals surface area contributed by atoms with E-state index in [1.807, 2.05) is 66.2 Å². The largest absolute Gasteiger partial charge is 0.337 e. The number of carbonyl (C=O) groups excluding carboxylic acids is 2. The normalized spacial score (nSPS) is 14.4. The van der Waals surface area contributed by atoms with E-state index in [0.717, 1.165) is 35.3 Å². The van der Waals surface area contributed by atoms with E-state index in [2.05, 4.69) is 10.6 Å². The molecule has 0 aliphatic heterocycles. The van der Waals surface area contributed by atoms with Gasteiger partial charge < -0.3 is 15.2 Å². The Morgan fingerprint density at radius 1 is 1.03 bits per heavy atom. The number of aryl methyl sites for hydroxylation is 1. The van der Waals surface area contributed by atoms with Crippen molar-refractivity contribution >= 4 is 39.2 Å². The van der Waals surface area contributed by atoms with Gasteiger partial charge in [-0.2, -0.15) is 0 Å². The van der Waals surface area contributed by atoms with Gasteiger partial charge in [-0.1, -0.05) is 42.5 Å². The van der Waals surface area contributed by atoms with E-state index in [4.69, 9.17) is 4.98 Å². The summed E-state index contributed by atoms with van der Waals surface area (Å²) in [5.74, 6) is 0.729. The zero-order valence-corrected chi connectivity index (χ0v) is 17.9. The Hall–Kier alpha value is -3.45. The monoisotopic (exact) mass is 430 g/mol. The van der Waals surface area contributed by atoms with Crippen molar-refractivity contribution < 1.29 is 9.59 Å². The average molecular weight is 431 g/mol. The molecule has 31 heavy (non-hydrogen) atoms. The van der Waals surface area contributed by atoms with Crippen molar-refractivity contribution in [2.75, 3.05) is 5.32 Å². The summed E-state index contributed by atoms with van der Waals surface area (Å²) in [4.78, 5) is 30.5. The third-order valence-electron chi connectivity index (χ3n) is 5.51. The van der Waals surface area contributed by atoms with Crippen molar-refractivity contribution in [1.82, 2.24) is 14.9 Å². The molecule has 2 aromatic carbocycles. The molecule has 0 radical (unpaired) electrons. The molecule has 4 aromatic rings. The molecular weight excluding hydrogens is 408 g/mol. The SMILES string of the molecule is Cn1c(C(NC(=O)c2ccc(NC(=O)C3CC3)s2)c2ccccc2)nc2ccccc21. The molecule has 0 spiro atoms. The number of rotatable bonds is 6. The van der Waals surface area contributed by atoms with Crippen LogP contribution >= 0.6 is 11.3 Å². The topological polar surface area (TPSA) is 76.0 Å². The first-order chi connectivity index (χ1) is 15.1. The fourth-order valence-corrected chi connectivity index (χ4v) is 4.48. The molecule has 1 fully saturated rings. The van der Waals surface area contributed by atoms with E-state index in [1.165, 1.54) is 11.3 Å². The number of imidazole rings is 1. The van der Waals surface area contributed by atoms with Crippen molar-refractivity contribution in [3.63, 3.8) is 0 Å². The number of thiophene rings is 1. The van der Waals surface area contributed by atoms with Crippen LogP contribution in [0, 0.1) is 5.92 Å². The maximum atomic E-state index is 13.1. The van der Waals surface area contributed by atoms with Gasteiger partial charge in [0.05, 0.1) is 20.9 Å². The molecule has 2 amide bonds. The van der Waals surface area contributed by atoms with Crippen molar-refractivity contribution in [2.45, 2.75) is 18.9 Å². The van der Waals surface area contributed by atoms with E-state index in [0.29, 0.717) is 9.88 Å². The summed E-state index contributed by atoms with van der Waals surface area (Å²) in [5.41, 5.74) is 2.85. The van der Waals surface area contributed by atoms with Crippen molar-refractivity contribution in [3.8, 4) is 0 Å². The second-order valence-corrected chi connectivity index (χ2v) is 8.85. The summed E-state index contributed by atoms with van der Waals surface area (Å²) in [6, 6.07) is 20.9. The maximum absolute atomic E-state index is 13.1. The minimum atomic E-state index is -0.405. The number of hydrogen-bond donors (Lipinski definition) is 2. The Morgan fingerprint density at radius 3 is 2.52 bits per heavy atom. The lowest BCUT2D eigenvalue weighted by atomic mass is 10.1. The second kappa shape index (κ2) is 8.00. The number of hydrogen-bond acceptors (Lipinski definition) is 4. The molecule has 1 unspecified atom stereocenters. The van der Waals surface area contributed by atoms with Gasteiger partial charge in [-0.25, -0.2) is 4.98 Å². The van der Waals surface area contributed by atoms with Crippen LogP contribution in [-0.2, 0) is 11.8 Å². The van der Waals surface area contributed by atoms with Crippen LogP contribution in [0.25, 0.3) is 11.0 Å².